The van der Waals surface area contributed by atoms with E-state index >= 15 is 0 Å². The summed E-state index contributed by atoms with van der Waals surface area (Å²) in [5.74, 6) is 2.11. The van der Waals surface area contributed by atoms with Gasteiger partial charge in [-0.3, -0.25) is 4.57 Å². The lowest BCUT2D eigenvalue weighted by atomic mass is 9.78. The number of rotatable bonds is 5. The van der Waals surface area contributed by atoms with E-state index in [0.29, 0.717) is 34.9 Å². The van der Waals surface area contributed by atoms with Crippen molar-refractivity contribution in [1.82, 2.24) is 14.1 Å². The van der Waals surface area contributed by atoms with Crippen LogP contribution in [0.1, 0.15) is 117 Å². The summed E-state index contributed by atoms with van der Waals surface area (Å²) in [5, 5.41) is 8.11. The van der Waals surface area contributed by atoms with E-state index in [4.69, 9.17) is 22.1 Å². The lowest BCUT2D eigenvalue weighted by molar-refractivity contribution is 0.483. The average Bonchev–Trinajstić information content (AvgIpc) is 0.865. The molecule has 4 heterocycles. The van der Waals surface area contributed by atoms with Crippen molar-refractivity contribution in [3.8, 4) is 28.4 Å². The largest absolute Gasteiger partial charge is 0.457 e. The van der Waals surface area contributed by atoms with Crippen LogP contribution in [0, 0.1) is 0 Å². The van der Waals surface area contributed by atoms with Crippen molar-refractivity contribution in [2.75, 3.05) is 4.90 Å². The number of ether oxygens (including phenoxy) is 1. The molecule has 0 radical (unpaired) electrons. The van der Waals surface area contributed by atoms with Gasteiger partial charge in [-0.25, -0.2) is 4.98 Å². The summed E-state index contributed by atoms with van der Waals surface area (Å²) in [6, 6.07) is 59.5. The first-order chi connectivity index (χ1) is 39.5. The zero-order valence-electron chi connectivity index (χ0n) is 53.2. The molecule has 0 saturated carbocycles. The first-order valence-electron chi connectivity index (χ1n) is 30.5. The van der Waals surface area contributed by atoms with Gasteiger partial charge < -0.3 is 14.2 Å². The van der Waals surface area contributed by atoms with Crippen LogP contribution >= 0.6 is 0 Å². The molecule has 0 unspecified atom stereocenters. The predicted molar refractivity (Wildman–Crippen MR) is 320 cm³/mol. The zero-order valence-corrected chi connectivity index (χ0v) is 44.2. The first-order valence-corrected chi connectivity index (χ1v) is 26.0. The summed E-state index contributed by atoms with van der Waals surface area (Å²) in [4.78, 5) is 7.18. The van der Waals surface area contributed by atoms with Crippen LogP contribution in [0.15, 0.2) is 182 Å². The zero-order chi connectivity index (χ0) is 59.8. The number of anilines is 2. The van der Waals surface area contributed by atoms with Gasteiger partial charge in [0.05, 0.1) is 27.8 Å². The second-order valence-electron chi connectivity index (χ2n) is 23.5. The molecule has 0 N–H and O–H groups in total. The highest BCUT2D eigenvalue weighted by Crippen LogP contribution is 2.47. The number of pyridine rings is 1. The molecule has 0 spiro atoms. The van der Waals surface area contributed by atoms with Gasteiger partial charge in [0.1, 0.15) is 24.0 Å². The van der Waals surface area contributed by atoms with Gasteiger partial charge >= 0.3 is 0 Å². The maximum atomic E-state index is 8.85. The molecule has 3 aromatic heterocycles. The van der Waals surface area contributed by atoms with E-state index < -0.39 is 31.4 Å². The second-order valence-corrected chi connectivity index (χ2v) is 23.5. The van der Waals surface area contributed by atoms with Gasteiger partial charge in [-0.05, 0) is 126 Å². The van der Waals surface area contributed by atoms with Gasteiger partial charge in [0.2, 0.25) is 0 Å². The van der Waals surface area contributed by atoms with Crippen LogP contribution in [0.25, 0.3) is 82.1 Å². The highest BCUT2D eigenvalue weighted by Gasteiger charge is 2.28. The van der Waals surface area contributed by atoms with Crippen molar-refractivity contribution in [1.29, 1.82) is 0 Å². The third-order valence-electron chi connectivity index (χ3n) is 15.2. The number of aromatic nitrogens is 3. The predicted octanol–water partition coefficient (Wildman–Crippen LogP) is 19.5. The van der Waals surface area contributed by atoms with Crippen LogP contribution in [0.2, 0.25) is 0 Å². The number of hydrogen-bond donors (Lipinski definition) is 0. The van der Waals surface area contributed by atoms with E-state index in [2.05, 4.69) is 177 Å². The summed E-state index contributed by atoms with van der Waals surface area (Å²) >= 11 is 0. The minimum absolute atomic E-state index is 0.0813. The molecule has 1 aliphatic heterocycles. The summed E-state index contributed by atoms with van der Waals surface area (Å²) in [7, 11) is 0. The smallest absolute Gasteiger partial charge is 0.137 e. The molecule has 12 rings (SSSR count). The Kier molecular flexibility index (Phi) is 8.94. The van der Waals surface area contributed by atoms with Crippen LogP contribution in [0.5, 0.6) is 11.5 Å². The molecule has 1 aliphatic rings. The normalized spacial score (nSPS) is 15.5. The fourth-order valence-corrected chi connectivity index (χ4v) is 11.2. The Morgan fingerprint density at radius 1 is 0.440 bits per heavy atom. The number of benzene rings is 8. The SMILES string of the molecule is [2H]C([2H])([2H])C(c1cc(-c2cccc3c4ccccc4c4cc(C(C)(C)C)ccc4c4cccc5c4n(c23)CN5c2cccc(Oc3ccc4c5ccccc5n(-c5cc(C(C)(C)C)ccn5)c4c3)c2)cc(C(C)(C)C)c1)(C([2H])([2H])[2H])C([2H])([2H])[2H]. The molecule has 374 valence electrons. The summed E-state index contributed by atoms with van der Waals surface area (Å²) in [6.45, 7) is 9.04. The molecule has 11 aromatic rings. The van der Waals surface area contributed by atoms with E-state index in [0.717, 1.165) is 82.3 Å². The highest BCUT2D eigenvalue weighted by molar-refractivity contribution is 6.22. The fraction of sp³-hybridized carbons (Fsp3) is 0.243. The third kappa shape index (κ3) is 8.38. The maximum absolute atomic E-state index is 8.85. The van der Waals surface area contributed by atoms with Gasteiger partial charge in [-0.1, -0.05) is 192 Å². The maximum Gasteiger partial charge on any atom is 0.137 e. The molecule has 8 aromatic carbocycles. The Morgan fingerprint density at radius 3 is 1.76 bits per heavy atom. The average molecular weight is 990 g/mol. The molecule has 0 atom stereocenters. The van der Waals surface area contributed by atoms with Crippen molar-refractivity contribution in [3.63, 3.8) is 0 Å². The molecule has 5 nitrogen and oxygen atoms in total. The minimum atomic E-state index is -3.47. The van der Waals surface area contributed by atoms with Gasteiger partial charge in [0.15, 0.2) is 0 Å². The number of para-hydroxylation sites is 3. The van der Waals surface area contributed by atoms with E-state index in [1.165, 1.54) is 23.3 Å². The monoisotopic (exact) mass is 990 g/mol. The van der Waals surface area contributed by atoms with E-state index in [1.807, 2.05) is 69.4 Å². The molecule has 0 fully saturated rings. The minimum Gasteiger partial charge on any atom is -0.457 e. The lowest BCUT2D eigenvalue weighted by Crippen LogP contribution is -2.17. The summed E-state index contributed by atoms with van der Waals surface area (Å²) < 4.78 is 91.1. The molecular formula is C70H68N4O. The van der Waals surface area contributed by atoms with Gasteiger partial charge in [-0.15, -0.1) is 0 Å². The molecule has 5 heteroatoms. The van der Waals surface area contributed by atoms with E-state index in [9.17, 15) is 0 Å². The van der Waals surface area contributed by atoms with Crippen molar-refractivity contribution in [2.45, 2.75) is 111 Å². The highest BCUT2D eigenvalue weighted by atomic mass is 16.5. The van der Waals surface area contributed by atoms with Crippen molar-refractivity contribution in [2.24, 2.45) is 0 Å². The Hall–Kier alpha value is -7.89. The molecule has 0 bridgehead atoms. The molecule has 75 heavy (non-hydrogen) atoms. The van der Waals surface area contributed by atoms with E-state index in [1.54, 1.807) is 0 Å². The number of fused-ring (bicyclic) bond motifs is 10. The Bertz CT molecular complexity index is 4510. The lowest BCUT2D eigenvalue weighted by Gasteiger charge is -2.27. The second kappa shape index (κ2) is 17.3. The van der Waals surface area contributed by atoms with Crippen LogP contribution in [0.4, 0.5) is 11.4 Å². The number of hydrogen-bond acceptors (Lipinski definition) is 3. The van der Waals surface area contributed by atoms with Crippen molar-refractivity contribution < 1.29 is 17.1 Å². The Balaban J connectivity index is 1.11. The molecule has 0 amide bonds. The van der Waals surface area contributed by atoms with Crippen LogP contribution in [0.3, 0.4) is 0 Å². The standard InChI is InChI=1S/C70H68N4O/c1-67(2,3)45-30-32-55-59-27-19-29-62-66(59)73(65-52(44-36-47(69(7,8)9)38-48(37-44)70(10,11)12)25-18-26-58(65)53-22-13-14-23-54(53)60(55)39-45)43-72(62)49-20-17-21-50(41-49)75-51-31-33-57-56-24-15-16-28-61(56)74(63(57)42-51)64-40-46(34-35-71-64)68(4,5)6/h13-42H,43H2,1-12H3/i7D3,8D3,9D3. The van der Waals surface area contributed by atoms with Crippen molar-refractivity contribution in [3.05, 3.63) is 204 Å². The van der Waals surface area contributed by atoms with Crippen molar-refractivity contribution >= 4 is 76.5 Å². The molecule has 0 saturated heterocycles. The van der Waals surface area contributed by atoms with Gasteiger partial charge in [-0.2, -0.15) is 0 Å². The van der Waals surface area contributed by atoms with E-state index in [-0.39, 0.29) is 16.4 Å². The summed E-state index contributed by atoms with van der Waals surface area (Å²) in [5.41, 5.74) is 5.14. The Morgan fingerprint density at radius 2 is 1.03 bits per heavy atom. The molecule has 0 aliphatic carbocycles. The fourth-order valence-electron chi connectivity index (χ4n) is 11.2. The van der Waals surface area contributed by atoms with Crippen LogP contribution in [-0.2, 0) is 28.3 Å². The van der Waals surface area contributed by atoms with Gasteiger partial charge in [0, 0.05) is 63.5 Å². The first kappa shape index (κ1) is 38.7. The van der Waals surface area contributed by atoms with Crippen LogP contribution < -0.4 is 9.64 Å². The summed E-state index contributed by atoms with van der Waals surface area (Å²) in [6.07, 6.45) is 1.88. The topological polar surface area (TPSA) is 35.2 Å². The van der Waals surface area contributed by atoms with Crippen LogP contribution in [-0.4, -0.2) is 14.1 Å². The van der Waals surface area contributed by atoms with Gasteiger partial charge in [0.25, 0.3) is 0 Å². The quantitative estimate of drug-likeness (QED) is 0.172. The third-order valence-corrected chi connectivity index (χ3v) is 15.2. The molecular weight excluding hydrogens is 913 g/mol. The Labute approximate surface area is 455 Å². The number of nitrogens with zero attached hydrogens (tertiary/aromatic N) is 4.